The number of rotatable bonds is 0. The molecule has 0 unspecified atom stereocenters. The Hall–Kier alpha value is -0.0800. The molecule has 2 saturated heterocycles. The molecule has 2 nitrogen and oxygen atoms in total. The summed E-state index contributed by atoms with van der Waals surface area (Å²) >= 11 is 0. The molecule has 2 heteroatoms. The van der Waals surface area contributed by atoms with Crippen molar-refractivity contribution in [1.29, 1.82) is 0 Å². The molecule has 4 aliphatic rings. The molecule has 2 aliphatic heterocycles. The van der Waals surface area contributed by atoms with Crippen LogP contribution in [0.15, 0.2) is 0 Å². The van der Waals surface area contributed by atoms with Gasteiger partial charge in [-0.2, -0.15) is 0 Å². The minimum atomic E-state index is 0.281. The van der Waals surface area contributed by atoms with E-state index < -0.39 is 0 Å². The second-order valence-electron chi connectivity index (χ2n) is 5.62. The van der Waals surface area contributed by atoms with Crippen LogP contribution >= 0.6 is 0 Å². The molecule has 0 amide bonds. The van der Waals surface area contributed by atoms with Gasteiger partial charge in [-0.25, -0.2) is 0 Å². The molecule has 0 radical (unpaired) electrons. The molecule has 4 fully saturated rings. The Morgan fingerprint density at radius 3 is 2.57 bits per heavy atom. The SMILES string of the molecule is C1CC2(CCO1)O[C@H]1[C@@H]3CC[C@@H](C3)[C@H]12. The highest BCUT2D eigenvalue weighted by atomic mass is 16.6. The molecule has 2 aliphatic carbocycles. The minimum absolute atomic E-state index is 0.281. The first-order valence-electron chi connectivity index (χ1n) is 6.15. The van der Waals surface area contributed by atoms with Gasteiger partial charge in [0.2, 0.25) is 0 Å². The zero-order valence-corrected chi connectivity index (χ0v) is 8.58. The normalized spacial score (nSPS) is 53.1. The predicted octanol–water partition coefficient (Wildman–Crippen LogP) is 1.98. The van der Waals surface area contributed by atoms with Gasteiger partial charge in [0.1, 0.15) is 0 Å². The summed E-state index contributed by atoms with van der Waals surface area (Å²) < 4.78 is 11.7. The second kappa shape index (κ2) is 2.53. The lowest BCUT2D eigenvalue weighted by molar-refractivity contribution is -0.299. The number of hydrogen-bond acceptors (Lipinski definition) is 2. The summed E-state index contributed by atoms with van der Waals surface area (Å²) in [5.74, 6) is 2.86. The van der Waals surface area contributed by atoms with Gasteiger partial charge in [0, 0.05) is 32.0 Å². The van der Waals surface area contributed by atoms with E-state index in [9.17, 15) is 0 Å². The van der Waals surface area contributed by atoms with E-state index in [0.717, 1.165) is 43.8 Å². The Kier molecular flexibility index (Phi) is 1.47. The maximum Gasteiger partial charge on any atom is 0.0785 e. The van der Waals surface area contributed by atoms with Gasteiger partial charge in [0.15, 0.2) is 0 Å². The fourth-order valence-corrected chi connectivity index (χ4v) is 4.58. The van der Waals surface area contributed by atoms with Crippen LogP contribution in [0.4, 0.5) is 0 Å². The first-order chi connectivity index (χ1) is 6.89. The monoisotopic (exact) mass is 194 g/mol. The minimum Gasteiger partial charge on any atom is -0.381 e. The van der Waals surface area contributed by atoms with Crippen LogP contribution in [0.2, 0.25) is 0 Å². The van der Waals surface area contributed by atoms with Crippen molar-refractivity contribution in [2.75, 3.05) is 13.2 Å². The Morgan fingerprint density at radius 1 is 1.00 bits per heavy atom. The van der Waals surface area contributed by atoms with Gasteiger partial charge in [0.25, 0.3) is 0 Å². The van der Waals surface area contributed by atoms with Crippen LogP contribution in [0.3, 0.4) is 0 Å². The quantitative estimate of drug-likeness (QED) is 0.587. The smallest absolute Gasteiger partial charge is 0.0785 e. The van der Waals surface area contributed by atoms with Crippen LogP contribution in [0, 0.1) is 17.8 Å². The summed E-state index contributed by atoms with van der Waals surface area (Å²) in [5, 5.41) is 0. The molecule has 0 aromatic rings. The highest BCUT2D eigenvalue weighted by molar-refractivity contribution is 5.13. The maximum atomic E-state index is 6.25. The van der Waals surface area contributed by atoms with E-state index >= 15 is 0 Å². The molecule has 2 saturated carbocycles. The van der Waals surface area contributed by atoms with E-state index in [4.69, 9.17) is 9.47 Å². The van der Waals surface area contributed by atoms with Crippen molar-refractivity contribution >= 4 is 0 Å². The van der Waals surface area contributed by atoms with Gasteiger partial charge < -0.3 is 9.47 Å². The predicted molar refractivity (Wildman–Crippen MR) is 52.0 cm³/mol. The summed E-state index contributed by atoms with van der Waals surface area (Å²) in [7, 11) is 0. The summed E-state index contributed by atoms with van der Waals surface area (Å²) in [4.78, 5) is 0. The van der Waals surface area contributed by atoms with Gasteiger partial charge in [-0.3, -0.25) is 0 Å². The molecule has 0 aromatic heterocycles. The largest absolute Gasteiger partial charge is 0.381 e. The van der Waals surface area contributed by atoms with Crippen LogP contribution in [-0.4, -0.2) is 24.9 Å². The lowest BCUT2D eigenvalue weighted by Crippen LogP contribution is -2.64. The Bertz CT molecular complexity index is 255. The van der Waals surface area contributed by atoms with E-state index in [1.54, 1.807) is 0 Å². The van der Waals surface area contributed by atoms with Crippen LogP contribution < -0.4 is 0 Å². The summed E-state index contributed by atoms with van der Waals surface area (Å²) in [5.41, 5.74) is 0.281. The summed E-state index contributed by atoms with van der Waals surface area (Å²) in [6, 6.07) is 0. The number of ether oxygens (including phenoxy) is 2. The van der Waals surface area contributed by atoms with Crippen LogP contribution in [0.25, 0.3) is 0 Å². The van der Waals surface area contributed by atoms with E-state index in [-0.39, 0.29) is 5.60 Å². The molecule has 78 valence electrons. The van der Waals surface area contributed by atoms with E-state index in [1.165, 1.54) is 19.3 Å². The van der Waals surface area contributed by atoms with Crippen molar-refractivity contribution in [2.24, 2.45) is 17.8 Å². The van der Waals surface area contributed by atoms with Crippen molar-refractivity contribution in [2.45, 2.75) is 43.8 Å². The van der Waals surface area contributed by atoms with E-state index in [1.807, 2.05) is 0 Å². The third-order valence-electron chi connectivity index (χ3n) is 5.16. The molecular formula is C12H18O2. The zero-order chi connectivity index (χ0) is 9.17. The van der Waals surface area contributed by atoms with Crippen molar-refractivity contribution in [3.63, 3.8) is 0 Å². The van der Waals surface area contributed by atoms with Crippen molar-refractivity contribution in [3.05, 3.63) is 0 Å². The lowest BCUT2D eigenvalue weighted by atomic mass is 9.66. The molecule has 14 heavy (non-hydrogen) atoms. The van der Waals surface area contributed by atoms with E-state index in [2.05, 4.69) is 0 Å². The first-order valence-corrected chi connectivity index (χ1v) is 6.15. The molecule has 4 rings (SSSR count). The van der Waals surface area contributed by atoms with Crippen LogP contribution in [-0.2, 0) is 9.47 Å². The number of fused-ring (bicyclic) bond motifs is 6. The molecule has 4 atom stereocenters. The number of hydrogen-bond donors (Lipinski definition) is 0. The van der Waals surface area contributed by atoms with Crippen molar-refractivity contribution in [1.82, 2.24) is 0 Å². The van der Waals surface area contributed by atoms with Crippen molar-refractivity contribution < 1.29 is 9.47 Å². The Labute approximate surface area is 85.0 Å². The standard InChI is InChI=1S/C12H18O2/c1-2-9-7-8(1)10-11(9)14-12(10)3-5-13-6-4-12/h8-11H,1-7H2/t8-,9+,10+,11-/m0/s1. The molecule has 2 bridgehead atoms. The van der Waals surface area contributed by atoms with Gasteiger partial charge in [-0.15, -0.1) is 0 Å². The first kappa shape index (κ1) is 8.12. The highest BCUT2D eigenvalue weighted by Gasteiger charge is 2.65. The van der Waals surface area contributed by atoms with Gasteiger partial charge in [-0.05, 0) is 31.1 Å². The van der Waals surface area contributed by atoms with Gasteiger partial charge in [-0.1, -0.05) is 0 Å². The molecular weight excluding hydrogens is 176 g/mol. The van der Waals surface area contributed by atoms with E-state index in [0.29, 0.717) is 6.10 Å². The Balaban J connectivity index is 1.61. The lowest BCUT2D eigenvalue weighted by Gasteiger charge is -2.58. The molecule has 0 aromatic carbocycles. The van der Waals surface area contributed by atoms with Crippen LogP contribution in [0.5, 0.6) is 0 Å². The van der Waals surface area contributed by atoms with Crippen LogP contribution in [0.1, 0.15) is 32.1 Å². The Morgan fingerprint density at radius 2 is 1.79 bits per heavy atom. The fraction of sp³-hybridized carbons (Fsp3) is 1.00. The third kappa shape index (κ3) is 0.809. The fourth-order valence-electron chi connectivity index (χ4n) is 4.58. The average Bonchev–Trinajstić information content (AvgIpc) is 2.75. The van der Waals surface area contributed by atoms with Gasteiger partial charge in [0.05, 0.1) is 11.7 Å². The molecule has 1 spiro atoms. The maximum absolute atomic E-state index is 6.25. The topological polar surface area (TPSA) is 18.5 Å². The van der Waals surface area contributed by atoms with Gasteiger partial charge >= 0.3 is 0 Å². The second-order valence-corrected chi connectivity index (χ2v) is 5.62. The average molecular weight is 194 g/mol. The highest BCUT2D eigenvalue weighted by Crippen LogP contribution is 2.63. The summed E-state index contributed by atoms with van der Waals surface area (Å²) in [6.45, 7) is 1.86. The summed E-state index contributed by atoms with van der Waals surface area (Å²) in [6.07, 6.45) is 7.38. The molecule has 2 heterocycles. The third-order valence-corrected chi connectivity index (χ3v) is 5.16. The zero-order valence-electron chi connectivity index (χ0n) is 8.58. The van der Waals surface area contributed by atoms with Crippen molar-refractivity contribution in [3.8, 4) is 0 Å². The molecule has 0 N–H and O–H groups in total.